The summed E-state index contributed by atoms with van der Waals surface area (Å²) in [4.78, 5) is 51.6. The standard InChI is InChI=1S/C25H26FN5O6.C12H11FN2O5S/c26-17-11-28-18-1-2-21(32)31-16(14-37-23(17)22(18)31)13-30-5-3-25(4-6-30,24(33)34)29-10-15-9-19-20(12-27-15)36-8-7-35-19;1-19-21(17,18)6-7-5-20-12-8(13)4-14-9-2-3-10(16)15(7)11(9)12/h1-2,9,11-12,16,29H,3-8,10,13-14H2,(H,33,34);2-4,7H,5-6H2,1H3/t16-;7-/m10/s1. The molecule has 0 aromatic carbocycles. The Kier molecular flexibility index (Phi) is 10.5. The Bertz CT molecular complexity index is 2650. The van der Waals surface area contributed by atoms with Crippen molar-refractivity contribution in [1.82, 2.24) is 34.3 Å². The molecule has 1 fully saturated rings. The third-order valence-electron chi connectivity index (χ3n) is 10.6. The van der Waals surface area contributed by atoms with Crippen molar-refractivity contribution in [2.24, 2.45) is 0 Å². The molecule has 0 spiro atoms. The van der Waals surface area contributed by atoms with Gasteiger partial charge in [0.25, 0.3) is 21.2 Å². The first-order valence-electron chi connectivity index (χ1n) is 18.2. The van der Waals surface area contributed by atoms with Gasteiger partial charge in [0.15, 0.2) is 34.6 Å². The van der Waals surface area contributed by atoms with Crippen LogP contribution in [0.15, 0.2) is 58.5 Å². The van der Waals surface area contributed by atoms with Crippen LogP contribution in [0.3, 0.4) is 0 Å². The van der Waals surface area contributed by atoms with Gasteiger partial charge in [-0.05, 0) is 25.0 Å². The van der Waals surface area contributed by atoms with Crippen molar-refractivity contribution in [3.63, 3.8) is 0 Å². The second kappa shape index (κ2) is 15.5. The maximum absolute atomic E-state index is 14.3. The van der Waals surface area contributed by atoms with E-state index in [1.54, 1.807) is 22.9 Å². The minimum absolute atomic E-state index is 0.0411. The van der Waals surface area contributed by atoms with Crippen LogP contribution in [0.1, 0.15) is 30.6 Å². The van der Waals surface area contributed by atoms with Gasteiger partial charge in [-0.15, -0.1) is 0 Å². The van der Waals surface area contributed by atoms with E-state index in [1.165, 1.54) is 22.8 Å². The molecular formula is C37H37F2N7O11S. The lowest BCUT2D eigenvalue weighted by atomic mass is 9.87. The van der Waals surface area contributed by atoms with Crippen molar-refractivity contribution in [2.45, 2.75) is 37.0 Å². The monoisotopic (exact) mass is 825 g/mol. The number of carboxylic acids is 1. The number of piperidine rings is 1. The van der Waals surface area contributed by atoms with E-state index in [2.05, 4.69) is 29.4 Å². The average molecular weight is 826 g/mol. The van der Waals surface area contributed by atoms with E-state index in [1.807, 2.05) is 0 Å². The van der Waals surface area contributed by atoms with Crippen molar-refractivity contribution in [3.05, 3.63) is 87.0 Å². The number of likely N-dealkylation sites (tertiary alicyclic amines) is 1. The van der Waals surface area contributed by atoms with Crippen LogP contribution in [0.5, 0.6) is 23.0 Å². The van der Waals surface area contributed by atoms with Crippen LogP contribution >= 0.6 is 0 Å². The van der Waals surface area contributed by atoms with E-state index in [9.17, 15) is 36.7 Å². The summed E-state index contributed by atoms with van der Waals surface area (Å²) in [5, 5.41) is 13.3. The zero-order valence-corrected chi connectivity index (χ0v) is 31.7. The van der Waals surface area contributed by atoms with Gasteiger partial charge in [-0.2, -0.15) is 8.42 Å². The minimum atomic E-state index is -3.80. The van der Waals surface area contributed by atoms with Crippen LogP contribution < -0.4 is 35.4 Å². The van der Waals surface area contributed by atoms with Gasteiger partial charge in [0.1, 0.15) is 43.0 Å². The number of nitrogens with zero attached hydrogens (tertiary/aromatic N) is 6. The molecule has 306 valence electrons. The van der Waals surface area contributed by atoms with E-state index in [0.717, 1.165) is 19.5 Å². The summed E-state index contributed by atoms with van der Waals surface area (Å²) in [6.07, 6.45) is 4.42. The van der Waals surface area contributed by atoms with Crippen LogP contribution in [0.25, 0.3) is 22.1 Å². The Hall–Kier alpha value is -5.77. The Balaban J connectivity index is 0.000000189. The molecule has 4 aliphatic rings. The SMILES string of the molecule is COS(=O)(=O)C[C@@H]1COc2c(F)cnc3ccc(=O)n1c23.O=C(O)C1(NCc2cc3c(cn2)OCCO3)CCN(C[C@@H]2COc3c(F)cnc4ccc(=O)n2c34)CC1. The molecule has 9 rings (SSSR count). The van der Waals surface area contributed by atoms with E-state index < -0.39 is 50.6 Å². The third kappa shape index (κ3) is 7.40. The molecule has 0 radical (unpaired) electrons. The van der Waals surface area contributed by atoms with Crippen LogP contribution in [-0.2, 0) is 25.6 Å². The number of carboxylic acid groups (broad SMARTS) is 1. The fourth-order valence-electron chi connectivity index (χ4n) is 7.64. The van der Waals surface area contributed by atoms with Gasteiger partial charge in [0.05, 0.1) is 60.3 Å². The molecule has 0 saturated carbocycles. The highest BCUT2D eigenvalue weighted by Crippen LogP contribution is 2.35. The Morgan fingerprint density at radius 1 is 0.862 bits per heavy atom. The van der Waals surface area contributed by atoms with Crippen molar-refractivity contribution in [2.75, 3.05) is 58.9 Å². The van der Waals surface area contributed by atoms with Crippen molar-refractivity contribution < 1.29 is 50.2 Å². The van der Waals surface area contributed by atoms with Gasteiger partial charge < -0.3 is 29.0 Å². The average Bonchev–Trinajstić information content (AvgIpc) is 3.22. The molecule has 1 saturated heterocycles. The number of rotatable bonds is 9. The maximum atomic E-state index is 14.3. The number of fused-ring (bicyclic) bond motifs is 1. The minimum Gasteiger partial charge on any atom is -0.486 e. The topological polar surface area (TPSA) is 216 Å². The van der Waals surface area contributed by atoms with Gasteiger partial charge in [0.2, 0.25) is 0 Å². The van der Waals surface area contributed by atoms with Crippen molar-refractivity contribution in [3.8, 4) is 23.0 Å². The second-order valence-corrected chi connectivity index (χ2v) is 15.9. The van der Waals surface area contributed by atoms with Gasteiger partial charge in [-0.3, -0.25) is 48.0 Å². The van der Waals surface area contributed by atoms with Gasteiger partial charge in [0, 0.05) is 44.4 Å². The predicted octanol–water partition coefficient (Wildman–Crippen LogP) is 1.79. The molecule has 0 amide bonds. The second-order valence-electron chi connectivity index (χ2n) is 14.1. The van der Waals surface area contributed by atoms with Gasteiger partial charge in [-0.25, -0.2) is 8.78 Å². The molecule has 21 heteroatoms. The lowest BCUT2D eigenvalue weighted by molar-refractivity contribution is -0.147. The molecule has 58 heavy (non-hydrogen) atoms. The zero-order valence-electron chi connectivity index (χ0n) is 30.9. The summed E-state index contributed by atoms with van der Waals surface area (Å²) >= 11 is 0. The highest BCUT2D eigenvalue weighted by Gasteiger charge is 2.42. The molecule has 2 atom stereocenters. The predicted molar refractivity (Wildman–Crippen MR) is 200 cm³/mol. The molecular weight excluding hydrogens is 789 g/mol. The molecule has 9 heterocycles. The number of ether oxygens (including phenoxy) is 4. The fraction of sp³-hybridized carbons (Fsp3) is 0.405. The number of hydrogen-bond acceptors (Lipinski definition) is 15. The largest absolute Gasteiger partial charge is 0.486 e. The molecule has 0 aliphatic carbocycles. The lowest BCUT2D eigenvalue weighted by Gasteiger charge is -2.41. The van der Waals surface area contributed by atoms with E-state index in [-0.39, 0.29) is 48.4 Å². The smallest absolute Gasteiger partial charge is 0.324 e. The number of aliphatic carboxylic acids is 1. The number of aromatic nitrogens is 5. The molecule has 4 aliphatic heterocycles. The quantitative estimate of drug-likeness (QED) is 0.203. The molecule has 18 nitrogen and oxygen atoms in total. The molecule has 0 unspecified atom stereocenters. The number of pyridine rings is 5. The first-order chi connectivity index (χ1) is 27.9. The summed E-state index contributed by atoms with van der Waals surface area (Å²) in [5.41, 5.74) is 0.214. The Morgan fingerprint density at radius 2 is 1.43 bits per heavy atom. The normalized spacial score (nSPS) is 19.4. The number of halogens is 2. The highest BCUT2D eigenvalue weighted by molar-refractivity contribution is 7.86. The van der Waals surface area contributed by atoms with E-state index >= 15 is 0 Å². The number of nitrogens with one attached hydrogen (secondary N) is 1. The maximum Gasteiger partial charge on any atom is 0.324 e. The van der Waals surface area contributed by atoms with Crippen LogP contribution in [0.4, 0.5) is 8.78 Å². The lowest BCUT2D eigenvalue weighted by Crippen LogP contribution is -2.58. The third-order valence-corrected chi connectivity index (χ3v) is 11.9. The van der Waals surface area contributed by atoms with Crippen LogP contribution in [0.2, 0.25) is 0 Å². The van der Waals surface area contributed by atoms with Crippen LogP contribution in [-0.4, -0.2) is 113 Å². The fourth-order valence-corrected chi connectivity index (χ4v) is 8.49. The Morgan fingerprint density at radius 3 is 2.02 bits per heavy atom. The summed E-state index contributed by atoms with van der Waals surface area (Å²) in [5.74, 6) is -1.53. The summed E-state index contributed by atoms with van der Waals surface area (Å²) in [6.45, 7) is 2.68. The summed E-state index contributed by atoms with van der Waals surface area (Å²) < 4.78 is 80.5. The first-order valence-corrected chi connectivity index (χ1v) is 19.8. The van der Waals surface area contributed by atoms with Crippen molar-refractivity contribution in [1.29, 1.82) is 0 Å². The molecule has 5 aromatic rings. The Labute approximate surface area is 328 Å². The number of hydrogen-bond donors (Lipinski definition) is 2. The zero-order chi connectivity index (χ0) is 40.8. The highest BCUT2D eigenvalue weighted by atomic mass is 32.2. The first kappa shape index (κ1) is 39.1. The molecule has 5 aromatic heterocycles. The molecule has 0 bridgehead atoms. The van der Waals surface area contributed by atoms with E-state index in [0.29, 0.717) is 79.4 Å². The number of carbonyl (C=O) groups is 1. The molecule has 2 N–H and O–H groups in total. The van der Waals surface area contributed by atoms with E-state index in [4.69, 9.17) is 18.9 Å². The van der Waals surface area contributed by atoms with Gasteiger partial charge in [-0.1, -0.05) is 0 Å². The van der Waals surface area contributed by atoms with Gasteiger partial charge >= 0.3 is 5.97 Å². The van der Waals surface area contributed by atoms with Crippen LogP contribution in [0, 0.1) is 11.6 Å². The van der Waals surface area contributed by atoms with Crippen molar-refractivity contribution >= 4 is 38.2 Å². The summed E-state index contributed by atoms with van der Waals surface area (Å²) in [7, 11) is -2.76. The summed E-state index contributed by atoms with van der Waals surface area (Å²) in [6, 6.07) is 6.30.